The second-order valence-electron chi connectivity index (χ2n) is 9.31. The fraction of sp³-hybridized carbons (Fsp3) is 0.345. The molecule has 0 radical (unpaired) electrons. The maximum atomic E-state index is 13.8. The molecule has 1 aromatic heterocycles. The first kappa shape index (κ1) is 28.6. The summed E-state index contributed by atoms with van der Waals surface area (Å²) in [6, 6.07) is 10.3. The number of aromatic nitrogens is 1. The van der Waals surface area contributed by atoms with Crippen LogP contribution >= 0.6 is 22.9 Å². The van der Waals surface area contributed by atoms with Crippen LogP contribution in [0.1, 0.15) is 56.3 Å². The highest BCUT2D eigenvalue weighted by atomic mass is 35.5. The van der Waals surface area contributed by atoms with Crippen molar-refractivity contribution in [3.8, 4) is 11.5 Å². The second-order valence-corrected chi connectivity index (χ2v) is 10.7. The maximum absolute atomic E-state index is 13.8. The molecule has 0 aliphatic carbocycles. The zero-order chi connectivity index (χ0) is 28.3. The molecule has 0 saturated heterocycles. The highest BCUT2D eigenvalue weighted by molar-refractivity contribution is 7.07. The fourth-order valence-corrected chi connectivity index (χ4v) is 5.62. The van der Waals surface area contributed by atoms with Crippen LogP contribution in [0.15, 0.2) is 57.5 Å². The summed E-state index contributed by atoms with van der Waals surface area (Å²) in [7, 11) is 1.53. The molecule has 4 rings (SSSR count). The molecule has 2 aromatic carbocycles. The molecular formula is C29H31ClN2O6S. The molecule has 1 aliphatic rings. The third kappa shape index (κ3) is 5.95. The van der Waals surface area contributed by atoms with Gasteiger partial charge in [0, 0.05) is 7.11 Å². The number of fused-ring (bicyclic) bond motifs is 1. The Bertz CT molecular complexity index is 1590. The fourth-order valence-electron chi connectivity index (χ4n) is 4.35. The minimum atomic E-state index is -0.720. The molecule has 1 N–H and O–H groups in total. The number of hydrogen-bond acceptors (Lipinski definition) is 8. The van der Waals surface area contributed by atoms with Gasteiger partial charge < -0.3 is 19.3 Å². The highest BCUT2D eigenvalue weighted by Crippen LogP contribution is 2.35. The Morgan fingerprint density at radius 2 is 1.95 bits per heavy atom. The zero-order valence-corrected chi connectivity index (χ0v) is 24.1. The van der Waals surface area contributed by atoms with Gasteiger partial charge in [-0.15, -0.1) is 0 Å². The van der Waals surface area contributed by atoms with Gasteiger partial charge in [0.1, 0.15) is 6.61 Å². The summed E-state index contributed by atoms with van der Waals surface area (Å²) in [4.78, 5) is 32.2. The van der Waals surface area contributed by atoms with Gasteiger partial charge >= 0.3 is 5.97 Å². The molecule has 0 fully saturated rings. The first-order valence-corrected chi connectivity index (χ1v) is 13.8. The number of benzene rings is 2. The number of esters is 1. The van der Waals surface area contributed by atoms with Crippen LogP contribution in [0.5, 0.6) is 11.5 Å². The van der Waals surface area contributed by atoms with Crippen LogP contribution in [0.4, 0.5) is 0 Å². The molecule has 206 valence electrons. The number of ether oxygens (including phenoxy) is 3. The Labute approximate surface area is 235 Å². The van der Waals surface area contributed by atoms with E-state index in [-0.39, 0.29) is 35.3 Å². The lowest BCUT2D eigenvalue weighted by Gasteiger charge is -2.25. The molecule has 1 aliphatic heterocycles. The number of aromatic hydroxyl groups is 1. The van der Waals surface area contributed by atoms with E-state index < -0.39 is 12.0 Å². The van der Waals surface area contributed by atoms with Crippen molar-refractivity contribution in [2.75, 3.05) is 26.9 Å². The number of halogens is 1. The SMILES string of the molecule is CCOc1cc(C=c2sc3n(c2=O)C(c2ccc(C(C)C)cc2)C(C(=O)OCCOC)=C(C)N=3)cc(Cl)c1O. The zero-order valence-electron chi connectivity index (χ0n) is 22.5. The molecule has 0 amide bonds. The van der Waals surface area contributed by atoms with E-state index in [1.165, 1.54) is 23.0 Å². The van der Waals surface area contributed by atoms with E-state index >= 15 is 0 Å². The standard InChI is InChI=1S/C29H31ClN2O6S/c1-6-37-22-14-18(13-21(30)26(22)33)15-23-27(34)32-25(20-9-7-19(8-10-20)16(2)3)24(17(4)31-29(32)39-23)28(35)38-12-11-36-5/h7-10,13-16,25,33H,6,11-12H2,1-5H3. The summed E-state index contributed by atoms with van der Waals surface area (Å²) in [5, 5.41) is 10.3. The number of nitrogens with zero attached hydrogens (tertiary/aromatic N) is 2. The van der Waals surface area contributed by atoms with Gasteiger partial charge in [-0.2, -0.15) is 0 Å². The highest BCUT2D eigenvalue weighted by Gasteiger charge is 2.33. The van der Waals surface area contributed by atoms with Crippen LogP contribution < -0.4 is 19.6 Å². The number of allylic oxidation sites excluding steroid dienone is 1. The summed E-state index contributed by atoms with van der Waals surface area (Å²) in [5.41, 5.74) is 2.97. The first-order chi connectivity index (χ1) is 18.7. The first-order valence-electron chi connectivity index (χ1n) is 12.6. The van der Waals surface area contributed by atoms with E-state index in [0.717, 1.165) is 11.1 Å². The van der Waals surface area contributed by atoms with Gasteiger partial charge in [-0.25, -0.2) is 9.79 Å². The Morgan fingerprint density at radius 1 is 1.23 bits per heavy atom. The molecule has 0 bridgehead atoms. The minimum absolute atomic E-state index is 0.0827. The van der Waals surface area contributed by atoms with Gasteiger partial charge in [0.25, 0.3) is 5.56 Å². The minimum Gasteiger partial charge on any atom is -0.503 e. The van der Waals surface area contributed by atoms with Gasteiger partial charge in [-0.05, 0) is 54.7 Å². The number of phenolic OH excluding ortho intramolecular Hbond substituents is 1. The Balaban J connectivity index is 1.88. The van der Waals surface area contributed by atoms with E-state index in [2.05, 4.69) is 18.8 Å². The van der Waals surface area contributed by atoms with Gasteiger partial charge in [0.2, 0.25) is 0 Å². The molecule has 1 unspecified atom stereocenters. The van der Waals surface area contributed by atoms with Crippen molar-refractivity contribution < 1.29 is 24.1 Å². The van der Waals surface area contributed by atoms with Crippen molar-refractivity contribution in [2.45, 2.75) is 39.7 Å². The second kappa shape index (κ2) is 12.2. The van der Waals surface area contributed by atoms with Crippen LogP contribution in [0.2, 0.25) is 5.02 Å². The Hall–Kier alpha value is -3.40. The van der Waals surface area contributed by atoms with Crippen LogP contribution in [0.3, 0.4) is 0 Å². The lowest BCUT2D eigenvalue weighted by atomic mass is 9.93. The van der Waals surface area contributed by atoms with Crippen LogP contribution in [0.25, 0.3) is 6.08 Å². The number of carbonyl (C=O) groups is 1. The monoisotopic (exact) mass is 570 g/mol. The number of rotatable bonds is 9. The normalized spacial score (nSPS) is 15.4. The van der Waals surface area contributed by atoms with Crippen molar-refractivity contribution in [1.82, 2.24) is 4.57 Å². The average molecular weight is 571 g/mol. The van der Waals surface area contributed by atoms with E-state index in [1.807, 2.05) is 24.3 Å². The third-order valence-corrected chi connectivity index (χ3v) is 7.60. The molecule has 0 spiro atoms. The van der Waals surface area contributed by atoms with Crippen LogP contribution in [-0.4, -0.2) is 42.6 Å². The van der Waals surface area contributed by atoms with Crippen molar-refractivity contribution in [1.29, 1.82) is 0 Å². The van der Waals surface area contributed by atoms with Crippen LogP contribution in [-0.2, 0) is 14.3 Å². The summed E-state index contributed by atoms with van der Waals surface area (Å²) < 4.78 is 17.9. The molecule has 3 aromatic rings. The lowest BCUT2D eigenvalue weighted by molar-refractivity contribution is -0.140. The van der Waals surface area contributed by atoms with Gasteiger partial charge in [0.15, 0.2) is 16.3 Å². The lowest BCUT2D eigenvalue weighted by Crippen LogP contribution is -2.40. The quantitative estimate of drug-likeness (QED) is 0.304. The van der Waals surface area contributed by atoms with Gasteiger partial charge in [-0.1, -0.05) is 61.1 Å². The molecule has 1 atom stereocenters. The number of thiazole rings is 1. The molecule has 0 saturated carbocycles. The van der Waals surface area contributed by atoms with E-state index in [0.29, 0.717) is 38.7 Å². The third-order valence-electron chi connectivity index (χ3n) is 6.33. The topological polar surface area (TPSA) is 99.4 Å². The summed E-state index contributed by atoms with van der Waals surface area (Å²) >= 11 is 7.42. The van der Waals surface area contributed by atoms with Gasteiger partial charge in [0.05, 0.1) is 40.1 Å². The summed E-state index contributed by atoms with van der Waals surface area (Å²) in [6.07, 6.45) is 1.67. The smallest absolute Gasteiger partial charge is 0.338 e. The predicted molar refractivity (Wildman–Crippen MR) is 151 cm³/mol. The van der Waals surface area contributed by atoms with E-state index in [4.69, 9.17) is 25.8 Å². The largest absolute Gasteiger partial charge is 0.503 e. The maximum Gasteiger partial charge on any atom is 0.338 e. The number of methoxy groups -OCH3 is 1. The van der Waals surface area contributed by atoms with E-state index in [9.17, 15) is 14.7 Å². The Morgan fingerprint density at radius 3 is 2.59 bits per heavy atom. The molecule has 2 heterocycles. The summed E-state index contributed by atoms with van der Waals surface area (Å²) in [5.74, 6) is -0.152. The molecule has 8 nitrogen and oxygen atoms in total. The number of phenols is 1. The number of carbonyl (C=O) groups excluding carboxylic acids is 1. The van der Waals surface area contributed by atoms with Crippen molar-refractivity contribution in [2.24, 2.45) is 4.99 Å². The van der Waals surface area contributed by atoms with Gasteiger partial charge in [-0.3, -0.25) is 9.36 Å². The van der Waals surface area contributed by atoms with E-state index in [1.54, 1.807) is 32.1 Å². The molecule has 10 heteroatoms. The van der Waals surface area contributed by atoms with Crippen molar-refractivity contribution in [3.63, 3.8) is 0 Å². The predicted octanol–water partition coefficient (Wildman–Crippen LogP) is 4.31. The van der Waals surface area contributed by atoms with Crippen molar-refractivity contribution >= 4 is 35.0 Å². The number of hydrogen-bond donors (Lipinski definition) is 1. The average Bonchev–Trinajstić information content (AvgIpc) is 3.20. The molecule has 39 heavy (non-hydrogen) atoms. The van der Waals surface area contributed by atoms with Crippen LogP contribution in [0, 0.1) is 0 Å². The van der Waals surface area contributed by atoms with Crippen molar-refractivity contribution in [3.05, 3.63) is 89.1 Å². The molecular weight excluding hydrogens is 540 g/mol. The Kier molecular flexibility index (Phi) is 8.94. The summed E-state index contributed by atoms with van der Waals surface area (Å²) in [6.45, 7) is 8.43.